The fourth-order valence-electron chi connectivity index (χ4n) is 4.19. The molecule has 1 aromatic heterocycles. The van der Waals surface area contributed by atoms with Gasteiger partial charge in [-0.25, -0.2) is 8.42 Å². The summed E-state index contributed by atoms with van der Waals surface area (Å²) in [6.45, 7) is 1.46. The quantitative estimate of drug-likeness (QED) is 0.597. The van der Waals surface area contributed by atoms with Crippen molar-refractivity contribution >= 4 is 15.9 Å². The van der Waals surface area contributed by atoms with Crippen LogP contribution >= 0.6 is 0 Å². The van der Waals surface area contributed by atoms with Crippen LogP contribution in [0.1, 0.15) is 30.4 Å². The molecule has 2 heterocycles. The average Bonchev–Trinajstić information content (AvgIpc) is 3.31. The summed E-state index contributed by atoms with van der Waals surface area (Å²) in [7, 11) is -3.41. The van der Waals surface area contributed by atoms with Crippen LogP contribution in [0, 0.1) is 0 Å². The summed E-state index contributed by atoms with van der Waals surface area (Å²) in [6, 6.07) is 17.5. The lowest BCUT2D eigenvalue weighted by atomic mass is 9.98. The van der Waals surface area contributed by atoms with E-state index in [9.17, 15) is 13.2 Å². The van der Waals surface area contributed by atoms with Gasteiger partial charge in [0, 0.05) is 25.5 Å². The molecule has 8 heteroatoms. The fourth-order valence-corrected chi connectivity index (χ4v) is 5.32. The second kappa shape index (κ2) is 9.67. The minimum Gasteiger partial charge on any atom is -0.351 e. The van der Waals surface area contributed by atoms with Gasteiger partial charge in [-0.1, -0.05) is 55.0 Å². The first-order chi connectivity index (χ1) is 15.4. The van der Waals surface area contributed by atoms with E-state index in [4.69, 9.17) is 0 Å². The largest absolute Gasteiger partial charge is 0.351 e. The molecular weight excluding hydrogens is 424 g/mol. The van der Waals surface area contributed by atoms with E-state index in [0.29, 0.717) is 26.1 Å². The Morgan fingerprint density at radius 2 is 1.88 bits per heavy atom. The van der Waals surface area contributed by atoms with Gasteiger partial charge in [-0.3, -0.25) is 9.48 Å². The molecule has 1 aliphatic rings. The number of sulfonamides is 1. The van der Waals surface area contributed by atoms with Crippen LogP contribution in [0.3, 0.4) is 0 Å². The van der Waals surface area contributed by atoms with Gasteiger partial charge in [0.1, 0.15) is 6.04 Å². The molecule has 0 saturated carbocycles. The Morgan fingerprint density at radius 3 is 2.59 bits per heavy atom. The monoisotopic (exact) mass is 452 g/mol. The second-order valence-electron chi connectivity index (χ2n) is 8.16. The summed E-state index contributed by atoms with van der Waals surface area (Å²) in [5.74, 6) is -0.237. The molecule has 1 amide bonds. The van der Waals surface area contributed by atoms with E-state index in [1.165, 1.54) is 10.6 Å². The number of carbonyl (C=O) groups excluding carboxylic acids is 1. The molecule has 1 atom stereocenters. The Labute approximate surface area is 189 Å². The molecule has 0 aliphatic carbocycles. The maximum Gasteiger partial charge on any atom is 0.238 e. The second-order valence-corrected chi connectivity index (χ2v) is 10.1. The van der Waals surface area contributed by atoms with Crippen molar-refractivity contribution in [3.05, 3.63) is 78.1 Å². The smallest absolute Gasteiger partial charge is 0.238 e. The molecule has 1 saturated heterocycles. The van der Waals surface area contributed by atoms with Crippen molar-refractivity contribution in [1.82, 2.24) is 19.4 Å². The minimum absolute atomic E-state index is 0.237. The molecule has 4 rings (SSSR count). The molecule has 1 fully saturated rings. The van der Waals surface area contributed by atoms with E-state index in [1.54, 1.807) is 6.20 Å². The Bertz CT molecular complexity index is 1160. The van der Waals surface area contributed by atoms with Crippen molar-refractivity contribution in [2.75, 3.05) is 12.8 Å². The van der Waals surface area contributed by atoms with Gasteiger partial charge in [0.05, 0.1) is 12.8 Å². The summed E-state index contributed by atoms with van der Waals surface area (Å²) in [5, 5.41) is 7.21. The lowest BCUT2D eigenvalue weighted by Gasteiger charge is -2.32. The Hall–Kier alpha value is -2.97. The summed E-state index contributed by atoms with van der Waals surface area (Å²) in [5.41, 5.74) is 4.25. The van der Waals surface area contributed by atoms with Crippen LogP contribution in [0.2, 0.25) is 0 Å². The van der Waals surface area contributed by atoms with Crippen LogP contribution in [0.5, 0.6) is 0 Å². The molecule has 1 N–H and O–H groups in total. The third-order valence-electron chi connectivity index (χ3n) is 5.82. The fraction of sp³-hybridized carbons (Fsp3) is 0.333. The predicted molar refractivity (Wildman–Crippen MR) is 124 cm³/mol. The third kappa shape index (κ3) is 5.26. The highest BCUT2D eigenvalue weighted by Gasteiger charge is 2.34. The zero-order valence-electron chi connectivity index (χ0n) is 18.1. The van der Waals surface area contributed by atoms with E-state index in [0.717, 1.165) is 35.1 Å². The molecule has 7 nitrogen and oxygen atoms in total. The Morgan fingerprint density at radius 1 is 1.09 bits per heavy atom. The molecule has 2 aromatic carbocycles. The maximum absolute atomic E-state index is 12.8. The molecule has 1 aliphatic heterocycles. The van der Waals surface area contributed by atoms with Gasteiger partial charge in [0.15, 0.2) is 0 Å². The number of piperidine rings is 1. The number of hydrogen-bond donors (Lipinski definition) is 1. The SMILES string of the molecule is CS(=O)(=O)N1CCCCC1C(=O)NCc1ccccc1-c1ccc(Cn2cccn2)cc1. The normalized spacial score (nSPS) is 17.2. The highest BCUT2D eigenvalue weighted by atomic mass is 32.2. The number of aromatic nitrogens is 2. The van der Waals surface area contributed by atoms with Crippen LogP contribution in [0.15, 0.2) is 67.0 Å². The van der Waals surface area contributed by atoms with Gasteiger partial charge in [0.2, 0.25) is 15.9 Å². The lowest BCUT2D eigenvalue weighted by Crippen LogP contribution is -2.51. The van der Waals surface area contributed by atoms with Crippen LogP contribution in [0.4, 0.5) is 0 Å². The summed E-state index contributed by atoms with van der Waals surface area (Å²) < 4.78 is 27.4. The number of benzene rings is 2. The topological polar surface area (TPSA) is 84.3 Å². The Balaban J connectivity index is 1.46. The number of hydrogen-bond acceptors (Lipinski definition) is 4. The van der Waals surface area contributed by atoms with Crippen molar-refractivity contribution in [2.24, 2.45) is 0 Å². The van der Waals surface area contributed by atoms with Crippen molar-refractivity contribution in [1.29, 1.82) is 0 Å². The molecule has 3 aromatic rings. The Kier molecular flexibility index (Phi) is 6.72. The van der Waals surface area contributed by atoms with Gasteiger partial charge in [-0.05, 0) is 41.2 Å². The third-order valence-corrected chi connectivity index (χ3v) is 7.11. The zero-order chi connectivity index (χ0) is 22.6. The first-order valence-electron chi connectivity index (χ1n) is 10.8. The highest BCUT2D eigenvalue weighted by Crippen LogP contribution is 2.25. The number of nitrogens with zero attached hydrogens (tertiary/aromatic N) is 3. The molecule has 0 bridgehead atoms. The predicted octanol–water partition coefficient (Wildman–Crippen LogP) is 3.03. The molecule has 1 unspecified atom stereocenters. The zero-order valence-corrected chi connectivity index (χ0v) is 19.0. The summed E-state index contributed by atoms with van der Waals surface area (Å²) in [6.07, 6.45) is 7.06. The summed E-state index contributed by atoms with van der Waals surface area (Å²) >= 11 is 0. The first kappa shape index (κ1) is 22.2. The standard InChI is InChI=1S/C24H28N4O3S/c1-32(30,31)28-16-5-4-9-23(28)24(29)25-17-21-7-2-3-8-22(21)20-12-10-19(11-13-20)18-27-15-6-14-26-27/h2-3,6-8,10-15,23H,4-5,9,16-18H2,1H3,(H,25,29). The van der Waals surface area contributed by atoms with Crippen molar-refractivity contribution in [3.63, 3.8) is 0 Å². The number of amides is 1. The van der Waals surface area contributed by atoms with Gasteiger partial charge in [-0.2, -0.15) is 9.40 Å². The van der Waals surface area contributed by atoms with Crippen LogP contribution in [-0.4, -0.2) is 47.3 Å². The molecule has 168 valence electrons. The molecular formula is C24H28N4O3S. The van der Waals surface area contributed by atoms with E-state index in [2.05, 4.69) is 34.7 Å². The van der Waals surface area contributed by atoms with Gasteiger partial charge in [-0.15, -0.1) is 0 Å². The van der Waals surface area contributed by atoms with Gasteiger partial charge < -0.3 is 5.32 Å². The maximum atomic E-state index is 12.8. The van der Waals surface area contributed by atoms with Crippen molar-refractivity contribution in [3.8, 4) is 11.1 Å². The molecule has 0 spiro atoms. The van der Waals surface area contributed by atoms with E-state index < -0.39 is 16.1 Å². The molecule has 32 heavy (non-hydrogen) atoms. The number of rotatable bonds is 7. The van der Waals surface area contributed by atoms with Crippen LogP contribution in [0.25, 0.3) is 11.1 Å². The first-order valence-corrected chi connectivity index (χ1v) is 12.7. The van der Waals surface area contributed by atoms with Crippen molar-refractivity contribution < 1.29 is 13.2 Å². The lowest BCUT2D eigenvalue weighted by molar-refractivity contribution is -0.125. The number of carbonyl (C=O) groups is 1. The highest BCUT2D eigenvalue weighted by molar-refractivity contribution is 7.88. The van der Waals surface area contributed by atoms with Crippen LogP contribution < -0.4 is 5.32 Å². The minimum atomic E-state index is -3.41. The van der Waals surface area contributed by atoms with Crippen LogP contribution in [-0.2, 0) is 27.9 Å². The van der Waals surface area contributed by atoms with E-state index in [-0.39, 0.29) is 5.91 Å². The van der Waals surface area contributed by atoms with Gasteiger partial charge >= 0.3 is 0 Å². The van der Waals surface area contributed by atoms with Gasteiger partial charge in [0.25, 0.3) is 0 Å². The molecule has 0 radical (unpaired) electrons. The van der Waals surface area contributed by atoms with Crippen molar-refractivity contribution in [2.45, 2.75) is 38.4 Å². The average molecular weight is 453 g/mol. The summed E-state index contributed by atoms with van der Waals surface area (Å²) in [4.78, 5) is 12.8. The number of nitrogens with one attached hydrogen (secondary N) is 1. The van der Waals surface area contributed by atoms with E-state index in [1.807, 2.05) is 41.2 Å². The van der Waals surface area contributed by atoms with E-state index >= 15 is 0 Å².